The van der Waals surface area contributed by atoms with Crippen LogP contribution in [0.15, 0.2) is 31.0 Å². The van der Waals surface area contributed by atoms with Gasteiger partial charge < -0.3 is 9.30 Å². The van der Waals surface area contributed by atoms with Gasteiger partial charge in [-0.05, 0) is 12.3 Å². The van der Waals surface area contributed by atoms with Crippen molar-refractivity contribution in [3.63, 3.8) is 0 Å². The van der Waals surface area contributed by atoms with Crippen LogP contribution < -0.4 is 0 Å². The highest BCUT2D eigenvalue weighted by atomic mass is 32.2. The molecule has 0 fully saturated rings. The largest absolute Gasteiger partial charge is 0.360 e. The summed E-state index contributed by atoms with van der Waals surface area (Å²) in [5.74, 6) is 0.994. The van der Waals surface area contributed by atoms with Crippen molar-refractivity contribution in [2.45, 2.75) is 6.73 Å². The molecular weight excluding hydrogens is 274 g/mol. The summed E-state index contributed by atoms with van der Waals surface area (Å²) in [5.41, 5.74) is 2.71. The van der Waals surface area contributed by atoms with Crippen LogP contribution in [-0.2, 0) is 11.5 Å². The van der Waals surface area contributed by atoms with E-state index in [-0.39, 0.29) is 0 Å². The molecule has 7 heteroatoms. The fraction of sp³-hybridized carbons (Fsp3) is 0.308. The predicted octanol–water partition coefficient (Wildman–Crippen LogP) is 2.16. The predicted molar refractivity (Wildman–Crippen MR) is 79.4 cm³/mol. The number of aromatic amines is 1. The van der Waals surface area contributed by atoms with Crippen molar-refractivity contribution in [3.8, 4) is 11.3 Å². The Morgan fingerprint density at radius 2 is 2.35 bits per heavy atom. The molecule has 0 aliphatic carbocycles. The van der Waals surface area contributed by atoms with E-state index in [1.165, 1.54) is 0 Å². The molecule has 0 saturated heterocycles. The van der Waals surface area contributed by atoms with Gasteiger partial charge in [-0.3, -0.25) is 5.10 Å². The van der Waals surface area contributed by atoms with Gasteiger partial charge in [0.2, 0.25) is 0 Å². The lowest BCUT2D eigenvalue weighted by Crippen LogP contribution is -2.04. The zero-order valence-electron chi connectivity index (χ0n) is 11.1. The molecule has 0 spiro atoms. The first kappa shape index (κ1) is 13.1. The van der Waals surface area contributed by atoms with Crippen molar-refractivity contribution < 1.29 is 4.74 Å². The maximum absolute atomic E-state index is 5.62. The Balaban J connectivity index is 1.88. The minimum absolute atomic E-state index is 0.506. The Morgan fingerprint density at radius 3 is 3.15 bits per heavy atom. The third kappa shape index (κ3) is 2.54. The summed E-state index contributed by atoms with van der Waals surface area (Å²) >= 11 is 1.77. The molecule has 0 aromatic carbocycles. The summed E-state index contributed by atoms with van der Waals surface area (Å²) in [5, 5.41) is 7.77. The third-order valence-electron chi connectivity index (χ3n) is 2.99. The number of thioether (sulfide) groups is 1. The average molecular weight is 289 g/mol. The summed E-state index contributed by atoms with van der Waals surface area (Å²) in [6.45, 7) is 1.24. The van der Waals surface area contributed by atoms with Gasteiger partial charge in [0.1, 0.15) is 18.7 Å². The zero-order chi connectivity index (χ0) is 13.8. The van der Waals surface area contributed by atoms with Gasteiger partial charge in [0.25, 0.3) is 0 Å². The molecule has 1 N–H and O–H groups in total. The second-order valence-corrected chi connectivity index (χ2v) is 5.25. The van der Waals surface area contributed by atoms with Gasteiger partial charge >= 0.3 is 0 Å². The minimum atomic E-state index is 0.506. The Morgan fingerprint density at radius 1 is 1.40 bits per heavy atom. The lowest BCUT2D eigenvalue weighted by Gasteiger charge is -2.06. The van der Waals surface area contributed by atoms with E-state index >= 15 is 0 Å². The number of hydrogen-bond acceptors (Lipinski definition) is 5. The summed E-state index contributed by atoms with van der Waals surface area (Å²) in [6, 6.07) is 2.01. The first-order valence-electron chi connectivity index (χ1n) is 6.26. The van der Waals surface area contributed by atoms with Gasteiger partial charge in [0, 0.05) is 29.1 Å². The Kier molecular flexibility index (Phi) is 3.98. The number of nitrogens with zero attached hydrogens (tertiary/aromatic N) is 4. The highest BCUT2D eigenvalue weighted by Crippen LogP contribution is 2.24. The molecule has 0 aliphatic rings. The Hall–Kier alpha value is -1.86. The van der Waals surface area contributed by atoms with Crippen LogP contribution in [0.5, 0.6) is 0 Å². The average Bonchev–Trinajstić information content (AvgIpc) is 3.13. The first-order chi connectivity index (χ1) is 9.90. The molecule has 3 rings (SSSR count). The summed E-state index contributed by atoms with van der Waals surface area (Å²) in [6.07, 6.45) is 9.20. The van der Waals surface area contributed by atoms with E-state index in [0.717, 1.165) is 34.7 Å². The minimum Gasteiger partial charge on any atom is -0.360 e. The van der Waals surface area contributed by atoms with E-state index in [9.17, 15) is 0 Å². The first-order valence-corrected chi connectivity index (χ1v) is 7.65. The number of ether oxygens (including phenoxy) is 1. The number of nitrogens with one attached hydrogen (secondary N) is 1. The van der Waals surface area contributed by atoms with Gasteiger partial charge in [-0.15, -0.1) is 0 Å². The molecule has 0 bridgehead atoms. The van der Waals surface area contributed by atoms with Crippen LogP contribution in [-0.4, -0.2) is 43.3 Å². The zero-order valence-corrected chi connectivity index (χ0v) is 11.9. The summed E-state index contributed by atoms with van der Waals surface area (Å²) < 4.78 is 7.61. The van der Waals surface area contributed by atoms with E-state index in [4.69, 9.17) is 4.74 Å². The molecule has 0 saturated carbocycles. The molecule has 0 radical (unpaired) electrons. The molecule has 3 aromatic rings. The monoisotopic (exact) mass is 289 g/mol. The Labute approximate surface area is 120 Å². The number of rotatable bonds is 6. The standard InChI is InChI=1S/C13H15N5OS/c1-20-5-4-19-9-18-3-2-11-12(10-6-16-17-7-10)14-8-15-13(11)18/h2-3,6-8H,4-5,9H2,1H3,(H,16,17). The van der Waals surface area contributed by atoms with Crippen molar-refractivity contribution >= 4 is 22.8 Å². The normalized spacial score (nSPS) is 11.2. The van der Waals surface area contributed by atoms with E-state index in [1.807, 2.05) is 23.0 Å². The van der Waals surface area contributed by atoms with E-state index in [0.29, 0.717) is 6.73 Å². The molecule has 0 atom stereocenters. The third-order valence-corrected chi connectivity index (χ3v) is 3.56. The van der Waals surface area contributed by atoms with Crippen LogP contribution in [0.2, 0.25) is 0 Å². The second-order valence-electron chi connectivity index (χ2n) is 4.26. The number of hydrogen-bond donors (Lipinski definition) is 1. The number of aromatic nitrogens is 5. The second kappa shape index (κ2) is 6.06. The molecule has 104 valence electrons. The van der Waals surface area contributed by atoms with E-state index in [2.05, 4.69) is 26.4 Å². The molecule has 0 unspecified atom stereocenters. The molecule has 6 nitrogen and oxygen atoms in total. The highest BCUT2D eigenvalue weighted by molar-refractivity contribution is 7.98. The molecule has 0 aliphatic heterocycles. The fourth-order valence-corrected chi connectivity index (χ4v) is 2.31. The van der Waals surface area contributed by atoms with Gasteiger partial charge in [-0.1, -0.05) is 0 Å². The molecule has 20 heavy (non-hydrogen) atoms. The van der Waals surface area contributed by atoms with Crippen LogP contribution in [0.1, 0.15) is 0 Å². The van der Waals surface area contributed by atoms with Crippen LogP contribution in [0.25, 0.3) is 22.3 Å². The molecular formula is C13H15N5OS. The van der Waals surface area contributed by atoms with Gasteiger partial charge in [0.15, 0.2) is 0 Å². The maximum atomic E-state index is 5.62. The van der Waals surface area contributed by atoms with Crippen molar-refractivity contribution in [1.29, 1.82) is 0 Å². The van der Waals surface area contributed by atoms with Crippen molar-refractivity contribution in [2.75, 3.05) is 18.6 Å². The van der Waals surface area contributed by atoms with Crippen LogP contribution in [0.3, 0.4) is 0 Å². The highest BCUT2D eigenvalue weighted by Gasteiger charge is 2.10. The SMILES string of the molecule is CSCCOCn1ccc2c(-c3cn[nH]c3)ncnc21. The van der Waals surface area contributed by atoms with E-state index < -0.39 is 0 Å². The lowest BCUT2D eigenvalue weighted by molar-refractivity contribution is 0.0926. The van der Waals surface area contributed by atoms with Crippen LogP contribution in [0, 0.1) is 0 Å². The number of H-pyrrole nitrogens is 1. The van der Waals surface area contributed by atoms with Crippen molar-refractivity contribution in [1.82, 2.24) is 24.7 Å². The molecule has 3 aromatic heterocycles. The number of fused-ring (bicyclic) bond motifs is 1. The lowest BCUT2D eigenvalue weighted by atomic mass is 10.2. The van der Waals surface area contributed by atoms with Crippen LogP contribution in [0.4, 0.5) is 0 Å². The topological polar surface area (TPSA) is 68.6 Å². The quantitative estimate of drug-likeness (QED) is 0.704. The fourth-order valence-electron chi connectivity index (χ4n) is 2.02. The van der Waals surface area contributed by atoms with E-state index in [1.54, 1.807) is 24.3 Å². The van der Waals surface area contributed by atoms with Crippen LogP contribution >= 0.6 is 11.8 Å². The smallest absolute Gasteiger partial charge is 0.145 e. The summed E-state index contributed by atoms with van der Waals surface area (Å²) in [7, 11) is 0. The molecule has 0 amide bonds. The van der Waals surface area contributed by atoms with Gasteiger partial charge in [0.05, 0.1) is 18.5 Å². The summed E-state index contributed by atoms with van der Waals surface area (Å²) in [4.78, 5) is 8.69. The van der Waals surface area contributed by atoms with Crippen molar-refractivity contribution in [3.05, 3.63) is 31.0 Å². The van der Waals surface area contributed by atoms with Gasteiger partial charge in [-0.2, -0.15) is 16.9 Å². The maximum Gasteiger partial charge on any atom is 0.145 e. The van der Waals surface area contributed by atoms with Crippen molar-refractivity contribution in [2.24, 2.45) is 0 Å². The van der Waals surface area contributed by atoms with Gasteiger partial charge in [-0.25, -0.2) is 9.97 Å². The molecule has 3 heterocycles. The Bertz CT molecular complexity index is 679.